The van der Waals surface area contributed by atoms with Gasteiger partial charge in [-0.3, -0.25) is 14.5 Å². The summed E-state index contributed by atoms with van der Waals surface area (Å²) in [6.07, 6.45) is 0. The van der Waals surface area contributed by atoms with E-state index < -0.39 is 12.0 Å². The highest BCUT2D eigenvalue weighted by molar-refractivity contribution is 7.99. The Morgan fingerprint density at radius 3 is 2.53 bits per heavy atom. The molecule has 0 aliphatic carbocycles. The van der Waals surface area contributed by atoms with Crippen LogP contribution < -0.4 is 9.80 Å². The lowest BCUT2D eigenvalue weighted by Crippen LogP contribution is -2.49. The van der Waals surface area contributed by atoms with Gasteiger partial charge in [0.25, 0.3) is 5.91 Å². The van der Waals surface area contributed by atoms with E-state index in [1.165, 1.54) is 16.7 Å². The van der Waals surface area contributed by atoms with Crippen LogP contribution in [0, 0.1) is 6.92 Å². The molecule has 3 aromatic carbocycles. The predicted octanol–water partition coefficient (Wildman–Crippen LogP) is 5.33. The van der Waals surface area contributed by atoms with Crippen LogP contribution in [-0.2, 0) is 9.53 Å². The molecule has 0 saturated carbocycles. The summed E-state index contributed by atoms with van der Waals surface area (Å²) in [5.41, 5.74) is 3.13. The van der Waals surface area contributed by atoms with E-state index in [2.05, 4.69) is 0 Å². The first-order valence-corrected chi connectivity index (χ1v) is 11.9. The molecule has 0 radical (unpaired) electrons. The second-order valence-corrected chi connectivity index (χ2v) is 9.17. The molecule has 0 unspecified atom stereocenters. The van der Waals surface area contributed by atoms with Crippen molar-refractivity contribution in [2.45, 2.75) is 36.6 Å². The van der Waals surface area contributed by atoms with Crippen molar-refractivity contribution in [3.8, 4) is 0 Å². The van der Waals surface area contributed by atoms with Gasteiger partial charge in [0.15, 0.2) is 0 Å². The maximum atomic E-state index is 13.8. The van der Waals surface area contributed by atoms with Crippen molar-refractivity contribution >= 4 is 40.9 Å². The number of ether oxygens (including phenoxy) is 1. The molecule has 1 atom stereocenters. The molecule has 1 aliphatic heterocycles. The van der Waals surface area contributed by atoms with Crippen LogP contribution >= 0.6 is 11.8 Å². The Morgan fingerprint density at radius 2 is 1.79 bits per heavy atom. The van der Waals surface area contributed by atoms with Crippen LogP contribution in [0.2, 0.25) is 0 Å². The average molecular weight is 475 g/mol. The third-order valence-corrected chi connectivity index (χ3v) is 6.89. The number of rotatable bonds is 5. The first-order chi connectivity index (χ1) is 16.3. The van der Waals surface area contributed by atoms with Gasteiger partial charge in [-0.05, 0) is 68.8 Å². The van der Waals surface area contributed by atoms with Gasteiger partial charge in [-0.2, -0.15) is 0 Å². The van der Waals surface area contributed by atoms with Crippen molar-refractivity contribution in [1.29, 1.82) is 0 Å². The average Bonchev–Trinajstić information content (AvgIpc) is 2.96. The molecular weight excluding hydrogens is 448 g/mol. The SMILES string of the molecule is CCOC(=O)c1ccc2c(c1)N([C@H](C)C(=O)N(C)c1cccc(C)c1)C(=O)c1ccccc1S2. The number of likely N-dealkylation sites (N-methyl/N-ethyl adjacent to an activating group) is 1. The highest BCUT2D eigenvalue weighted by Crippen LogP contribution is 2.42. The van der Waals surface area contributed by atoms with E-state index in [0.29, 0.717) is 16.8 Å². The number of hydrogen-bond donors (Lipinski definition) is 0. The molecule has 2 amide bonds. The summed E-state index contributed by atoms with van der Waals surface area (Å²) in [5.74, 6) is -1.00. The van der Waals surface area contributed by atoms with Gasteiger partial charge in [-0.25, -0.2) is 4.79 Å². The highest BCUT2D eigenvalue weighted by Gasteiger charge is 2.35. The van der Waals surface area contributed by atoms with Gasteiger partial charge in [0, 0.05) is 22.5 Å². The first-order valence-electron chi connectivity index (χ1n) is 11.1. The predicted molar refractivity (Wildman–Crippen MR) is 134 cm³/mol. The molecule has 0 bridgehead atoms. The van der Waals surface area contributed by atoms with Crippen LogP contribution in [0.4, 0.5) is 11.4 Å². The fourth-order valence-electron chi connectivity index (χ4n) is 3.96. The number of amides is 2. The Bertz CT molecular complexity index is 1270. The third kappa shape index (κ3) is 4.43. The van der Waals surface area contributed by atoms with Crippen molar-refractivity contribution in [3.05, 3.63) is 83.4 Å². The zero-order valence-corrected chi connectivity index (χ0v) is 20.4. The summed E-state index contributed by atoms with van der Waals surface area (Å²) in [5, 5.41) is 0. The molecule has 34 heavy (non-hydrogen) atoms. The van der Waals surface area contributed by atoms with Crippen LogP contribution in [0.3, 0.4) is 0 Å². The number of benzene rings is 3. The van der Waals surface area contributed by atoms with Gasteiger partial charge in [0.2, 0.25) is 5.91 Å². The lowest BCUT2D eigenvalue weighted by molar-refractivity contribution is -0.119. The molecule has 7 heteroatoms. The van der Waals surface area contributed by atoms with Gasteiger partial charge in [-0.1, -0.05) is 36.0 Å². The molecule has 1 aliphatic rings. The second-order valence-electron chi connectivity index (χ2n) is 8.09. The standard InChI is InChI=1S/C27H26N2O4S/c1-5-33-27(32)19-13-14-24-22(16-19)29(26(31)21-11-6-7-12-23(21)34-24)18(3)25(30)28(4)20-10-8-9-17(2)15-20/h6-16,18H,5H2,1-4H3/t18-/m1/s1. The minimum atomic E-state index is -0.819. The number of nitrogens with zero attached hydrogens (tertiary/aromatic N) is 2. The fraction of sp³-hybridized carbons (Fsp3) is 0.222. The number of carbonyl (C=O) groups excluding carboxylic acids is 3. The zero-order valence-electron chi connectivity index (χ0n) is 19.6. The monoisotopic (exact) mass is 474 g/mol. The van der Waals surface area contributed by atoms with Crippen molar-refractivity contribution in [2.24, 2.45) is 0 Å². The van der Waals surface area contributed by atoms with Crippen LogP contribution in [0.5, 0.6) is 0 Å². The summed E-state index contributed by atoms with van der Waals surface area (Å²) >= 11 is 1.44. The lowest BCUT2D eigenvalue weighted by atomic mass is 10.1. The van der Waals surface area contributed by atoms with Crippen molar-refractivity contribution < 1.29 is 19.1 Å². The maximum absolute atomic E-state index is 13.8. The van der Waals surface area contributed by atoms with Crippen molar-refractivity contribution in [3.63, 3.8) is 0 Å². The molecule has 0 aromatic heterocycles. The molecule has 0 fully saturated rings. The molecule has 1 heterocycles. The zero-order chi connectivity index (χ0) is 24.4. The summed E-state index contributed by atoms with van der Waals surface area (Å²) in [6, 6.07) is 19.3. The van der Waals surface area contributed by atoms with E-state index in [9.17, 15) is 14.4 Å². The molecular formula is C27H26N2O4S. The Hall–Kier alpha value is -3.58. The summed E-state index contributed by atoms with van der Waals surface area (Å²) in [7, 11) is 1.70. The van der Waals surface area contributed by atoms with Crippen molar-refractivity contribution in [2.75, 3.05) is 23.5 Å². The third-order valence-electron chi connectivity index (χ3n) is 5.75. The topological polar surface area (TPSA) is 66.9 Å². The number of anilines is 2. The van der Waals surface area contributed by atoms with Gasteiger partial charge in [0.05, 0.1) is 23.4 Å². The molecule has 4 rings (SSSR count). The number of carbonyl (C=O) groups is 3. The smallest absolute Gasteiger partial charge is 0.338 e. The summed E-state index contributed by atoms with van der Waals surface area (Å²) < 4.78 is 5.16. The van der Waals surface area contributed by atoms with E-state index >= 15 is 0 Å². The quantitative estimate of drug-likeness (QED) is 0.467. The van der Waals surface area contributed by atoms with Gasteiger partial charge < -0.3 is 9.64 Å². The Morgan fingerprint density at radius 1 is 1.03 bits per heavy atom. The fourth-order valence-corrected chi connectivity index (χ4v) is 5.01. The minimum absolute atomic E-state index is 0.240. The molecule has 0 saturated heterocycles. The van der Waals surface area contributed by atoms with E-state index in [0.717, 1.165) is 21.0 Å². The Labute approximate surface area is 203 Å². The van der Waals surface area contributed by atoms with E-state index in [4.69, 9.17) is 4.74 Å². The van der Waals surface area contributed by atoms with Gasteiger partial charge >= 0.3 is 5.97 Å². The number of hydrogen-bond acceptors (Lipinski definition) is 5. The van der Waals surface area contributed by atoms with E-state index in [1.807, 2.05) is 43.3 Å². The van der Waals surface area contributed by atoms with Crippen LogP contribution in [-0.4, -0.2) is 37.5 Å². The first kappa shape index (κ1) is 23.6. The molecule has 0 spiro atoms. The second kappa shape index (κ2) is 9.73. The van der Waals surface area contributed by atoms with E-state index in [1.54, 1.807) is 56.1 Å². The molecule has 0 N–H and O–H groups in total. The van der Waals surface area contributed by atoms with Crippen molar-refractivity contribution in [1.82, 2.24) is 0 Å². The molecule has 3 aromatic rings. The number of aryl methyl sites for hydroxylation is 1. The normalized spacial score (nSPS) is 13.4. The van der Waals surface area contributed by atoms with Crippen LogP contribution in [0.25, 0.3) is 0 Å². The van der Waals surface area contributed by atoms with Crippen LogP contribution in [0.1, 0.15) is 40.1 Å². The summed E-state index contributed by atoms with van der Waals surface area (Å²) in [4.78, 5) is 44.5. The van der Waals surface area contributed by atoms with Crippen LogP contribution in [0.15, 0.2) is 76.5 Å². The molecule has 174 valence electrons. The highest BCUT2D eigenvalue weighted by atomic mass is 32.2. The number of fused-ring (bicyclic) bond motifs is 2. The van der Waals surface area contributed by atoms with Gasteiger partial charge in [-0.15, -0.1) is 0 Å². The summed E-state index contributed by atoms with van der Waals surface area (Å²) in [6.45, 7) is 5.66. The van der Waals surface area contributed by atoms with Gasteiger partial charge in [0.1, 0.15) is 6.04 Å². The lowest BCUT2D eigenvalue weighted by Gasteiger charge is -2.32. The van der Waals surface area contributed by atoms with E-state index in [-0.39, 0.29) is 18.4 Å². The Balaban J connectivity index is 1.80. The largest absolute Gasteiger partial charge is 0.462 e. The number of esters is 1. The Kier molecular flexibility index (Phi) is 6.75. The maximum Gasteiger partial charge on any atom is 0.338 e. The minimum Gasteiger partial charge on any atom is -0.462 e. The molecule has 6 nitrogen and oxygen atoms in total.